The van der Waals surface area contributed by atoms with Crippen molar-refractivity contribution in [2.45, 2.75) is 50.7 Å². The lowest BCUT2D eigenvalue weighted by Crippen LogP contribution is -2.78. The zero-order valence-corrected chi connectivity index (χ0v) is 25.6. The number of nitrogens with zero attached hydrogens (tertiary/aromatic N) is 3. The number of carbonyl (C=O) groups is 1. The third-order valence-corrected chi connectivity index (χ3v) is 11.0. The fourth-order valence-corrected chi connectivity index (χ4v) is 8.50. The van der Waals surface area contributed by atoms with E-state index in [9.17, 15) is 13.2 Å². The first kappa shape index (κ1) is 28.7. The van der Waals surface area contributed by atoms with Crippen LogP contribution in [0.5, 0.6) is 5.75 Å². The summed E-state index contributed by atoms with van der Waals surface area (Å²) in [6.07, 6.45) is 0.231. The van der Waals surface area contributed by atoms with Gasteiger partial charge in [-0.25, -0.2) is 8.42 Å². The van der Waals surface area contributed by atoms with Crippen LogP contribution in [0.4, 0.5) is 5.69 Å². The molecule has 6 rings (SSSR count). The summed E-state index contributed by atoms with van der Waals surface area (Å²) >= 11 is 0. The van der Waals surface area contributed by atoms with E-state index in [2.05, 4.69) is 24.0 Å². The zero-order valence-electron chi connectivity index (χ0n) is 24.7. The number of rotatable bonds is 8. The minimum absolute atomic E-state index is 0.0374. The van der Waals surface area contributed by atoms with Crippen molar-refractivity contribution in [3.63, 3.8) is 0 Å². The van der Waals surface area contributed by atoms with E-state index in [0.717, 1.165) is 30.6 Å². The van der Waals surface area contributed by atoms with E-state index in [1.54, 1.807) is 22.4 Å². The summed E-state index contributed by atoms with van der Waals surface area (Å²) in [5, 5.41) is 0. The van der Waals surface area contributed by atoms with Crippen LogP contribution in [0.25, 0.3) is 0 Å². The molecule has 0 saturated carbocycles. The Kier molecular flexibility index (Phi) is 7.53. The molecule has 0 N–H and O–H groups in total. The summed E-state index contributed by atoms with van der Waals surface area (Å²) in [5.41, 5.74) is 5.41. The highest BCUT2D eigenvalue weighted by molar-refractivity contribution is 7.88. The number of anilines is 1. The van der Waals surface area contributed by atoms with E-state index in [0.29, 0.717) is 36.5 Å². The average Bonchev–Trinajstić information content (AvgIpc) is 3.31. The van der Waals surface area contributed by atoms with Gasteiger partial charge in [-0.1, -0.05) is 48.0 Å². The molecule has 0 aliphatic carbocycles. The fourth-order valence-electron chi connectivity index (χ4n) is 6.58. The van der Waals surface area contributed by atoms with Crippen LogP contribution in [0.1, 0.15) is 39.0 Å². The maximum atomic E-state index is 13.6. The number of aryl methyl sites for hydroxylation is 3. The predicted octanol–water partition coefficient (Wildman–Crippen LogP) is 4.32. The minimum Gasteiger partial charge on any atom is -0.486 e. The molecule has 3 saturated heterocycles. The van der Waals surface area contributed by atoms with Crippen LogP contribution in [0.15, 0.2) is 66.7 Å². The van der Waals surface area contributed by atoms with Gasteiger partial charge < -0.3 is 19.3 Å². The zero-order chi connectivity index (χ0) is 29.6. The predicted molar refractivity (Wildman–Crippen MR) is 164 cm³/mol. The Morgan fingerprint density at radius 2 is 1.69 bits per heavy atom. The van der Waals surface area contributed by atoms with Crippen molar-refractivity contribution >= 4 is 21.6 Å². The van der Waals surface area contributed by atoms with Gasteiger partial charge in [-0.2, -0.15) is 4.31 Å². The monoisotopic (exact) mass is 589 g/mol. The molecule has 2 unspecified atom stereocenters. The van der Waals surface area contributed by atoms with Gasteiger partial charge in [0.15, 0.2) is 0 Å². The standard InChI is InChI=1S/C33H39N3O5S/c1-23-12-13-24(2)28(16-23)32(37)34-18-30(40-4)31(19-34)41-27-10-7-9-26(17-27)20-42(38,39)36-15-14-33(36)21-35(22-33)29-11-6-5-8-25(29)3/h5-13,16-17,30-31H,14-15,18-22H2,1-4H3. The van der Waals surface area contributed by atoms with Crippen LogP contribution < -0.4 is 9.64 Å². The molecule has 0 radical (unpaired) electrons. The SMILES string of the molecule is COC1CN(C(=O)c2cc(C)ccc2C)CC1Oc1cccc(CS(=O)(=O)N2CCC23CN(c2ccccc2C)C3)c1. The number of para-hydroxylation sites is 1. The summed E-state index contributed by atoms with van der Waals surface area (Å²) in [5.74, 6) is 0.458. The molecular formula is C33H39N3O5S. The Hall–Kier alpha value is -3.40. The van der Waals surface area contributed by atoms with Crippen LogP contribution in [-0.4, -0.2) is 81.1 Å². The van der Waals surface area contributed by atoms with Crippen LogP contribution in [0.3, 0.4) is 0 Å². The number of carbonyl (C=O) groups excluding carboxylic acids is 1. The summed E-state index contributed by atoms with van der Waals surface area (Å²) < 4.78 is 40.8. The molecule has 8 nitrogen and oxygen atoms in total. The number of likely N-dealkylation sites (tertiary alicyclic amines) is 1. The molecule has 3 heterocycles. The number of amides is 1. The van der Waals surface area contributed by atoms with Crippen molar-refractivity contribution in [1.29, 1.82) is 0 Å². The van der Waals surface area contributed by atoms with Crippen LogP contribution in [0, 0.1) is 20.8 Å². The lowest BCUT2D eigenvalue weighted by Gasteiger charge is -2.62. The number of hydrogen-bond donors (Lipinski definition) is 0. The molecule has 3 aromatic carbocycles. The Morgan fingerprint density at radius 1 is 0.929 bits per heavy atom. The molecule has 0 bridgehead atoms. The summed E-state index contributed by atoms with van der Waals surface area (Å²) in [6.45, 7) is 8.82. The second-order valence-corrected chi connectivity index (χ2v) is 13.9. The Balaban J connectivity index is 1.11. The molecule has 1 spiro atoms. The third-order valence-electron chi connectivity index (χ3n) is 9.04. The summed E-state index contributed by atoms with van der Waals surface area (Å²) in [7, 11) is -1.88. The highest BCUT2D eigenvalue weighted by Crippen LogP contribution is 2.44. The second-order valence-electron chi connectivity index (χ2n) is 12.1. The molecule has 1 amide bonds. The maximum absolute atomic E-state index is 13.6. The minimum atomic E-state index is -3.51. The van der Waals surface area contributed by atoms with Gasteiger partial charge in [0.25, 0.3) is 5.91 Å². The van der Waals surface area contributed by atoms with Crippen molar-refractivity contribution in [3.8, 4) is 5.75 Å². The van der Waals surface area contributed by atoms with Crippen molar-refractivity contribution < 1.29 is 22.7 Å². The molecule has 2 atom stereocenters. The first-order chi connectivity index (χ1) is 20.1. The first-order valence-corrected chi connectivity index (χ1v) is 16.2. The van der Waals surface area contributed by atoms with E-state index in [-0.39, 0.29) is 29.4 Å². The lowest BCUT2D eigenvalue weighted by molar-refractivity contribution is 0.0339. The number of sulfonamides is 1. The van der Waals surface area contributed by atoms with Gasteiger partial charge in [-0.3, -0.25) is 4.79 Å². The van der Waals surface area contributed by atoms with Crippen molar-refractivity contribution in [2.24, 2.45) is 0 Å². The Labute approximate surface area is 248 Å². The van der Waals surface area contributed by atoms with E-state index in [1.165, 1.54) is 11.3 Å². The smallest absolute Gasteiger partial charge is 0.254 e. The van der Waals surface area contributed by atoms with Crippen molar-refractivity contribution in [1.82, 2.24) is 9.21 Å². The second kappa shape index (κ2) is 11.0. The van der Waals surface area contributed by atoms with Crippen LogP contribution in [0.2, 0.25) is 0 Å². The van der Waals surface area contributed by atoms with Gasteiger partial charge in [0.1, 0.15) is 18.0 Å². The fraction of sp³-hybridized carbons (Fsp3) is 0.424. The highest BCUT2D eigenvalue weighted by atomic mass is 32.2. The first-order valence-electron chi connectivity index (χ1n) is 14.5. The van der Waals surface area contributed by atoms with E-state index in [1.807, 2.05) is 62.4 Å². The number of ether oxygens (including phenoxy) is 2. The molecule has 222 valence electrons. The lowest BCUT2D eigenvalue weighted by atomic mass is 9.79. The molecule has 3 aliphatic heterocycles. The number of methoxy groups -OCH3 is 1. The van der Waals surface area contributed by atoms with Crippen molar-refractivity contribution in [3.05, 3.63) is 94.5 Å². The summed E-state index contributed by atoms with van der Waals surface area (Å²) in [4.78, 5) is 17.4. The van der Waals surface area contributed by atoms with Gasteiger partial charge in [0, 0.05) is 38.0 Å². The summed E-state index contributed by atoms with van der Waals surface area (Å²) in [6, 6.07) is 21.4. The van der Waals surface area contributed by atoms with E-state index >= 15 is 0 Å². The van der Waals surface area contributed by atoms with E-state index < -0.39 is 10.0 Å². The third kappa shape index (κ3) is 5.29. The Morgan fingerprint density at radius 3 is 2.40 bits per heavy atom. The quantitative estimate of drug-likeness (QED) is 0.390. The number of benzene rings is 3. The highest BCUT2D eigenvalue weighted by Gasteiger charge is 2.58. The number of hydrogen-bond acceptors (Lipinski definition) is 6. The topological polar surface area (TPSA) is 79.4 Å². The molecular weight excluding hydrogens is 550 g/mol. The molecule has 3 aromatic rings. The molecule has 42 heavy (non-hydrogen) atoms. The largest absolute Gasteiger partial charge is 0.486 e. The van der Waals surface area contributed by atoms with Gasteiger partial charge in [0.2, 0.25) is 10.0 Å². The van der Waals surface area contributed by atoms with Gasteiger partial charge in [0.05, 0.1) is 24.4 Å². The van der Waals surface area contributed by atoms with Gasteiger partial charge in [-0.15, -0.1) is 0 Å². The maximum Gasteiger partial charge on any atom is 0.254 e. The Bertz CT molecular complexity index is 1600. The van der Waals surface area contributed by atoms with Crippen molar-refractivity contribution in [2.75, 3.05) is 44.7 Å². The molecule has 3 fully saturated rings. The normalized spacial score (nSPS) is 21.7. The van der Waals surface area contributed by atoms with Crippen LogP contribution in [-0.2, 0) is 20.5 Å². The molecule has 0 aromatic heterocycles. The molecule has 3 aliphatic rings. The average molecular weight is 590 g/mol. The van der Waals surface area contributed by atoms with Gasteiger partial charge >= 0.3 is 0 Å². The van der Waals surface area contributed by atoms with Crippen LogP contribution >= 0.6 is 0 Å². The molecule has 9 heteroatoms. The van der Waals surface area contributed by atoms with Gasteiger partial charge in [-0.05, 0) is 68.1 Å². The van der Waals surface area contributed by atoms with E-state index in [4.69, 9.17) is 9.47 Å².